The van der Waals surface area contributed by atoms with E-state index in [2.05, 4.69) is 10.3 Å². The van der Waals surface area contributed by atoms with Gasteiger partial charge in [0.2, 0.25) is 0 Å². The van der Waals surface area contributed by atoms with E-state index in [1.54, 1.807) is 15.8 Å². The van der Waals surface area contributed by atoms with Gasteiger partial charge in [-0.2, -0.15) is 0 Å². The summed E-state index contributed by atoms with van der Waals surface area (Å²) in [6, 6.07) is 7.58. The van der Waals surface area contributed by atoms with Crippen molar-refractivity contribution in [3.8, 4) is 0 Å². The van der Waals surface area contributed by atoms with Gasteiger partial charge < -0.3 is 9.64 Å². The molecule has 1 saturated heterocycles. The molecular weight excluding hydrogens is 304 g/mol. The molecule has 2 aromatic rings. The molecule has 3 rings (SSSR count). The Labute approximate surface area is 133 Å². The lowest BCUT2D eigenvalue weighted by Crippen LogP contribution is -2.28. The van der Waals surface area contributed by atoms with E-state index in [-0.39, 0.29) is 12.7 Å². The van der Waals surface area contributed by atoms with Gasteiger partial charge in [0.1, 0.15) is 12.3 Å². The molecular formula is C15H17ClN4O2. The van der Waals surface area contributed by atoms with Gasteiger partial charge in [-0.25, -0.2) is 9.48 Å². The predicted octanol–water partition coefficient (Wildman–Crippen LogP) is 2.71. The average molecular weight is 321 g/mol. The van der Waals surface area contributed by atoms with Crippen molar-refractivity contribution in [2.45, 2.75) is 26.0 Å². The SMILES string of the molecule is O=C(OCc1cn(Cc2cccc(Cl)c2)nn1)N1CCCC1. The minimum Gasteiger partial charge on any atom is -0.443 e. The van der Waals surface area contributed by atoms with Crippen LogP contribution in [0.2, 0.25) is 5.02 Å². The zero-order valence-electron chi connectivity index (χ0n) is 12.1. The average Bonchev–Trinajstić information content (AvgIpc) is 3.16. The first kappa shape index (κ1) is 14.8. The van der Waals surface area contributed by atoms with E-state index in [0.29, 0.717) is 17.3 Å². The third-order valence-corrected chi connectivity index (χ3v) is 3.76. The summed E-state index contributed by atoms with van der Waals surface area (Å²) in [5.41, 5.74) is 1.67. The minimum atomic E-state index is -0.276. The number of halogens is 1. The Hall–Kier alpha value is -2.08. The number of amides is 1. The van der Waals surface area contributed by atoms with Gasteiger partial charge in [0, 0.05) is 18.1 Å². The first-order valence-corrected chi connectivity index (χ1v) is 7.64. The molecule has 1 aromatic carbocycles. The topological polar surface area (TPSA) is 60.3 Å². The van der Waals surface area contributed by atoms with Gasteiger partial charge in [0.25, 0.3) is 0 Å². The van der Waals surface area contributed by atoms with E-state index >= 15 is 0 Å². The number of rotatable bonds is 4. The summed E-state index contributed by atoms with van der Waals surface area (Å²) in [6.07, 6.45) is 3.59. The third-order valence-electron chi connectivity index (χ3n) is 3.53. The highest BCUT2D eigenvalue weighted by atomic mass is 35.5. The van der Waals surface area contributed by atoms with E-state index in [4.69, 9.17) is 16.3 Å². The molecule has 0 N–H and O–H groups in total. The monoisotopic (exact) mass is 320 g/mol. The number of ether oxygens (including phenoxy) is 1. The Morgan fingerprint density at radius 3 is 2.91 bits per heavy atom. The lowest BCUT2D eigenvalue weighted by atomic mass is 10.2. The molecule has 0 bridgehead atoms. The number of likely N-dealkylation sites (tertiary alicyclic amines) is 1. The van der Waals surface area contributed by atoms with Crippen molar-refractivity contribution in [2.24, 2.45) is 0 Å². The Morgan fingerprint density at radius 2 is 2.14 bits per heavy atom. The molecule has 1 aliphatic rings. The maximum Gasteiger partial charge on any atom is 0.410 e. The van der Waals surface area contributed by atoms with E-state index in [9.17, 15) is 4.79 Å². The molecule has 0 unspecified atom stereocenters. The number of nitrogens with zero attached hydrogens (tertiary/aromatic N) is 4. The Bertz CT molecular complexity index is 652. The van der Waals surface area contributed by atoms with Crippen LogP contribution in [0.3, 0.4) is 0 Å². The first-order chi connectivity index (χ1) is 10.7. The van der Waals surface area contributed by atoms with E-state index in [1.165, 1.54) is 0 Å². The fraction of sp³-hybridized carbons (Fsp3) is 0.400. The fourth-order valence-electron chi connectivity index (χ4n) is 2.43. The quantitative estimate of drug-likeness (QED) is 0.869. The minimum absolute atomic E-state index is 0.144. The molecule has 7 heteroatoms. The summed E-state index contributed by atoms with van der Waals surface area (Å²) in [6.45, 7) is 2.28. The zero-order chi connectivity index (χ0) is 15.4. The lowest BCUT2D eigenvalue weighted by molar-refractivity contribution is 0.103. The maximum absolute atomic E-state index is 11.8. The summed E-state index contributed by atoms with van der Waals surface area (Å²) in [5, 5.41) is 8.74. The zero-order valence-corrected chi connectivity index (χ0v) is 12.9. The normalized spacial score (nSPS) is 14.3. The Kier molecular flexibility index (Phi) is 4.58. The second-order valence-corrected chi connectivity index (χ2v) is 5.72. The van der Waals surface area contributed by atoms with Gasteiger partial charge >= 0.3 is 6.09 Å². The van der Waals surface area contributed by atoms with Crippen LogP contribution in [0.25, 0.3) is 0 Å². The van der Waals surface area contributed by atoms with Gasteiger partial charge in [-0.05, 0) is 30.5 Å². The van der Waals surface area contributed by atoms with Crippen LogP contribution in [0, 0.1) is 0 Å². The van der Waals surface area contributed by atoms with Crippen LogP contribution in [0.4, 0.5) is 4.79 Å². The number of aromatic nitrogens is 3. The van der Waals surface area contributed by atoms with Crippen LogP contribution in [-0.4, -0.2) is 39.1 Å². The van der Waals surface area contributed by atoms with Crippen molar-refractivity contribution in [3.63, 3.8) is 0 Å². The number of hydrogen-bond acceptors (Lipinski definition) is 4. The van der Waals surface area contributed by atoms with Crippen molar-refractivity contribution >= 4 is 17.7 Å². The standard InChI is InChI=1S/C15H17ClN4O2/c16-13-5-3-4-12(8-13)9-20-10-14(17-18-20)11-22-15(21)19-6-1-2-7-19/h3-5,8,10H,1-2,6-7,9,11H2. The van der Waals surface area contributed by atoms with Gasteiger partial charge in [0.05, 0.1) is 12.7 Å². The van der Waals surface area contributed by atoms with Crippen LogP contribution in [0.5, 0.6) is 0 Å². The summed E-state index contributed by atoms with van der Waals surface area (Å²) < 4.78 is 6.94. The maximum atomic E-state index is 11.8. The Balaban J connectivity index is 1.53. The Morgan fingerprint density at radius 1 is 1.32 bits per heavy atom. The van der Waals surface area contributed by atoms with Crippen molar-refractivity contribution < 1.29 is 9.53 Å². The highest BCUT2D eigenvalue weighted by Gasteiger charge is 2.19. The molecule has 22 heavy (non-hydrogen) atoms. The van der Waals surface area contributed by atoms with Crippen molar-refractivity contribution in [1.82, 2.24) is 19.9 Å². The molecule has 2 heterocycles. The van der Waals surface area contributed by atoms with Gasteiger partial charge in [0.15, 0.2) is 0 Å². The molecule has 0 radical (unpaired) electrons. The van der Waals surface area contributed by atoms with Crippen LogP contribution < -0.4 is 0 Å². The molecule has 1 fully saturated rings. The predicted molar refractivity (Wildman–Crippen MR) is 81.6 cm³/mol. The number of carbonyl (C=O) groups excluding carboxylic acids is 1. The molecule has 116 valence electrons. The second kappa shape index (κ2) is 6.79. The first-order valence-electron chi connectivity index (χ1n) is 7.26. The van der Waals surface area contributed by atoms with Crippen molar-refractivity contribution in [1.29, 1.82) is 0 Å². The van der Waals surface area contributed by atoms with Crippen LogP contribution in [0.15, 0.2) is 30.5 Å². The number of benzene rings is 1. The van der Waals surface area contributed by atoms with E-state index in [0.717, 1.165) is 31.5 Å². The lowest BCUT2D eigenvalue weighted by Gasteiger charge is -2.13. The highest BCUT2D eigenvalue weighted by Crippen LogP contribution is 2.12. The third kappa shape index (κ3) is 3.76. The fourth-order valence-corrected chi connectivity index (χ4v) is 2.64. The largest absolute Gasteiger partial charge is 0.443 e. The summed E-state index contributed by atoms with van der Waals surface area (Å²) in [5.74, 6) is 0. The van der Waals surface area contributed by atoms with Gasteiger partial charge in [-0.1, -0.05) is 28.9 Å². The molecule has 0 spiro atoms. The molecule has 0 atom stereocenters. The molecule has 0 aliphatic carbocycles. The molecule has 1 amide bonds. The van der Waals surface area contributed by atoms with Gasteiger partial charge in [-0.15, -0.1) is 5.10 Å². The number of hydrogen-bond donors (Lipinski definition) is 0. The summed E-state index contributed by atoms with van der Waals surface area (Å²) in [4.78, 5) is 13.5. The van der Waals surface area contributed by atoms with Crippen molar-refractivity contribution in [3.05, 3.63) is 46.7 Å². The second-order valence-electron chi connectivity index (χ2n) is 5.29. The van der Waals surface area contributed by atoms with Gasteiger partial charge in [-0.3, -0.25) is 0 Å². The number of carbonyl (C=O) groups is 1. The molecule has 0 saturated carbocycles. The van der Waals surface area contributed by atoms with Crippen LogP contribution in [0.1, 0.15) is 24.1 Å². The smallest absolute Gasteiger partial charge is 0.410 e. The highest BCUT2D eigenvalue weighted by molar-refractivity contribution is 6.30. The van der Waals surface area contributed by atoms with Crippen LogP contribution in [-0.2, 0) is 17.9 Å². The molecule has 1 aliphatic heterocycles. The summed E-state index contributed by atoms with van der Waals surface area (Å²) in [7, 11) is 0. The summed E-state index contributed by atoms with van der Waals surface area (Å²) >= 11 is 5.96. The molecule has 1 aromatic heterocycles. The van der Waals surface area contributed by atoms with E-state index < -0.39 is 0 Å². The van der Waals surface area contributed by atoms with Crippen LogP contribution >= 0.6 is 11.6 Å². The van der Waals surface area contributed by atoms with E-state index in [1.807, 2.05) is 24.3 Å². The van der Waals surface area contributed by atoms with Crippen molar-refractivity contribution in [2.75, 3.05) is 13.1 Å². The molecule has 6 nitrogen and oxygen atoms in total.